The molecule has 1 aromatic carbocycles. The van der Waals surface area contributed by atoms with E-state index in [0.717, 1.165) is 5.56 Å². The van der Waals surface area contributed by atoms with Crippen LogP contribution in [-0.2, 0) is 0 Å². The molecule has 0 radical (unpaired) electrons. The highest BCUT2D eigenvalue weighted by molar-refractivity contribution is 6.59. The van der Waals surface area contributed by atoms with Gasteiger partial charge >= 0.3 is 7.12 Å². The van der Waals surface area contributed by atoms with Crippen molar-refractivity contribution >= 4 is 18.9 Å². The van der Waals surface area contributed by atoms with E-state index in [2.05, 4.69) is 0 Å². The first-order valence-electron chi connectivity index (χ1n) is 3.57. The van der Waals surface area contributed by atoms with E-state index >= 15 is 0 Å². The Balaban J connectivity index is 3.16. The first-order valence-corrected chi connectivity index (χ1v) is 3.57. The lowest BCUT2D eigenvalue weighted by molar-refractivity contribution is 0.112. The topological polar surface area (TPSA) is 57.5 Å². The summed E-state index contributed by atoms with van der Waals surface area (Å²) < 4.78 is 0. The highest BCUT2D eigenvalue weighted by atomic mass is 16.4. The average molecular weight is 164 g/mol. The molecule has 0 unspecified atom stereocenters. The molecule has 0 aromatic heterocycles. The van der Waals surface area contributed by atoms with Gasteiger partial charge in [-0.25, -0.2) is 0 Å². The first-order chi connectivity index (χ1) is 5.65. The standard InChI is InChI=1S/C8H9BO3/c1-6-2-3-7(5-10)4-8(6)9(11)12/h2-5,11-12H,1H3. The minimum absolute atomic E-state index is 0.375. The highest BCUT2D eigenvalue weighted by Crippen LogP contribution is 1.98. The van der Waals surface area contributed by atoms with Crippen molar-refractivity contribution in [2.75, 3.05) is 0 Å². The Morgan fingerprint density at radius 3 is 2.58 bits per heavy atom. The SMILES string of the molecule is Cc1ccc(C=O)cc1B(O)O. The summed E-state index contributed by atoms with van der Waals surface area (Å²) in [4.78, 5) is 10.3. The van der Waals surface area contributed by atoms with E-state index in [4.69, 9.17) is 10.0 Å². The van der Waals surface area contributed by atoms with Crippen LogP contribution in [0.15, 0.2) is 18.2 Å². The number of aldehydes is 1. The van der Waals surface area contributed by atoms with Crippen molar-refractivity contribution in [3.8, 4) is 0 Å². The summed E-state index contributed by atoms with van der Waals surface area (Å²) in [5.74, 6) is 0. The van der Waals surface area contributed by atoms with Crippen LogP contribution in [0.1, 0.15) is 15.9 Å². The zero-order chi connectivity index (χ0) is 9.14. The lowest BCUT2D eigenvalue weighted by Gasteiger charge is -2.03. The lowest BCUT2D eigenvalue weighted by atomic mass is 9.77. The highest BCUT2D eigenvalue weighted by Gasteiger charge is 2.13. The Kier molecular flexibility index (Phi) is 2.63. The maximum atomic E-state index is 10.3. The normalized spacial score (nSPS) is 9.58. The monoisotopic (exact) mass is 164 g/mol. The summed E-state index contributed by atoms with van der Waals surface area (Å²) in [6.45, 7) is 1.75. The molecule has 0 saturated heterocycles. The van der Waals surface area contributed by atoms with E-state index < -0.39 is 7.12 Å². The minimum atomic E-state index is -1.51. The third-order valence-corrected chi connectivity index (χ3v) is 1.72. The first kappa shape index (κ1) is 8.97. The summed E-state index contributed by atoms with van der Waals surface area (Å²) in [6.07, 6.45) is 0.672. The molecule has 0 heterocycles. The van der Waals surface area contributed by atoms with Crippen LogP contribution in [-0.4, -0.2) is 23.5 Å². The van der Waals surface area contributed by atoms with E-state index in [-0.39, 0.29) is 0 Å². The fraction of sp³-hybridized carbons (Fsp3) is 0.125. The molecule has 3 nitrogen and oxygen atoms in total. The Morgan fingerprint density at radius 2 is 2.08 bits per heavy atom. The fourth-order valence-electron chi connectivity index (χ4n) is 1.01. The number of hydrogen-bond acceptors (Lipinski definition) is 3. The van der Waals surface area contributed by atoms with Crippen LogP contribution in [0.2, 0.25) is 0 Å². The van der Waals surface area contributed by atoms with Crippen LogP contribution < -0.4 is 5.46 Å². The van der Waals surface area contributed by atoms with E-state index in [1.807, 2.05) is 0 Å². The van der Waals surface area contributed by atoms with Crippen molar-refractivity contribution in [2.24, 2.45) is 0 Å². The number of carbonyl (C=O) groups excluding carboxylic acids is 1. The maximum Gasteiger partial charge on any atom is 0.488 e. The predicted molar refractivity (Wildman–Crippen MR) is 46.4 cm³/mol. The van der Waals surface area contributed by atoms with Gasteiger partial charge in [0.2, 0.25) is 0 Å². The zero-order valence-electron chi connectivity index (χ0n) is 6.69. The van der Waals surface area contributed by atoms with Crippen molar-refractivity contribution in [2.45, 2.75) is 6.92 Å². The maximum absolute atomic E-state index is 10.3. The van der Waals surface area contributed by atoms with Crippen LogP contribution in [0.25, 0.3) is 0 Å². The van der Waals surface area contributed by atoms with Gasteiger partial charge in [0.05, 0.1) is 0 Å². The largest absolute Gasteiger partial charge is 0.488 e. The van der Waals surface area contributed by atoms with Gasteiger partial charge in [0.1, 0.15) is 6.29 Å². The zero-order valence-corrected chi connectivity index (χ0v) is 6.69. The Bertz CT molecular complexity index is 296. The molecule has 12 heavy (non-hydrogen) atoms. The molecule has 4 heteroatoms. The second-order valence-corrected chi connectivity index (χ2v) is 2.61. The molecular formula is C8H9BO3. The quantitative estimate of drug-likeness (QED) is 0.457. The van der Waals surface area contributed by atoms with Gasteiger partial charge in [-0.2, -0.15) is 0 Å². The van der Waals surface area contributed by atoms with Gasteiger partial charge in [-0.1, -0.05) is 23.8 Å². The molecule has 0 amide bonds. The van der Waals surface area contributed by atoms with Crippen LogP contribution in [0.4, 0.5) is 0 Å². The van der Waals surface area contributed by atoms with Crippen LogP contribution in [0, 0.1) is 6.92 Å². The van der Waals surface area contributed by atoms with E-state index in [9.17, 15) is 4.79 Å². The molecular weight excluding hydrogens is 155 g/mol. The van der Waals surface area contributed by atoms with Gasteiger partial charge < -0.3 is 10.0 Å². The van der Waals surface area contributed by atoms with Crippen LogP contribution in [0.5, 0.6) is 0 Å². The molecule has 0 atom stereocenters. The number of carbonyl (C=O) groups is 1. The smallest absolute Gasteiger partial charge is 0.423 e. The van der Waals surface area contributed by atoms with E-state index in [1.54, 1.807) is 19.1 Å². The van der Waals surface area contributed by atoms with Gasteiger partial charge in [-0.05, 0) is 12.4 Å². The molecule has 0 fully saturated rings. The number of rotatable bonds is 2. The van der Waals surface area contributed by atoms with Crippen molar-refractivity contribution in [1.82, 2.24) is 0 Å². The molecule has 0 saturated carbocycles. The predicted octanol–water partition coefficient (Wildman–Crippen LogP) is -0.513. The molecule has 2 N–H and O–H groups in total. The summed E-state index contributed by atoms with van der Waals surface area (Å²) in [6, 6.07) is 4.78. The van der Waals surface area contributed by atoms with Gasteiger partial charge in [0.25, 0.3) is 0 Å². The number of aryl methyl sites for hydroxylation is 1. The Morgan fingerprint density at radius 1 is 1.42 bits per heavy atom. The van der Waals surface area contributed by atoms with Crippen molar-refractivity contribution < 1.29 is 14.8 Å². The fourth-order valence-corrected chi connectivity index (χ4v) is 1.01. The van der Waals surface area contributed by atoms with Crippen molar-refractivity contribution in [3.05, 3.63) is 29.3 Å². The molecule has 1 rings (SSSR count). The number of benzene rings is 1. The summed E-state index contributed by atoms with van der Waals surface area (Å²) in [5, 5.41) is 17.7. The third-order valence-electron chi connectivity index (χ3n) is 1.72. The summed E-state index contributed by atoms with van der Waals surface area (Å²) in [5.41, 5.74) is 1.58. The Hall–Kier alpha value is -1.13. The Labute approximate surface area is 70.8 Å². The van der Waals surface area contributed by atoms with E-state index in [0.29, 0.717) is 17.3 Å². The molecule has 0 spiro atoms. The molecule has 62 valence electrons. The summed E-state index contributed by atoms with van der Waals surface area (Å²) in [7, 11) is -1.51. The number of hydrogen-bond donors (Lipinski definition) is 2. The molecule has 0 aliphatic heterocycles. The van der Waals surface area contributed by atoms with Crippen LogP contribution in [0.3, 0.4) is 0 Å². The molecule has 1 aromatic rings. The van der Waals surface area contributed by atoms with Crippen molar-refractivity contribution in [3.63, 3.8) is 0 Å². The molecule has 0 aliphatic rings. The van der Waals surface area contributed by atoms with Gasteiger partial charge in [-0.15, -0.1) is 0 Å². The minimum Gasteiger partial charge on any atom is -0.423 e. The lowest BCUT2D eigenvalue weighted by Crippen LogP contribution is -2.32. The van der Waals surface area contributed by atoms with Crippen LogP contribution >= 0.6 is 0 Å². The second kappa shape index (κ2) is 3.52. The van der Waals surface area contributed by atoms with Gasteiger partial charge in [0, 0.05) is 5.56 Å². The van der Waals surface area contributed by atoms with E-state index in [1.165, 1.54) is 6.07 Å². The third kappa shape index (κ3) is 1.72. The second-order valence-electron chi connectivity index (χ2n) is 2.61. The summed E-state index contributed by atoms with van der Waals surface area (Å²) >= 11 is 0. The van der Waals surface area contributed by atoms with Gasteiger partial charge in [-0.3, -0.25) is 4.79 Å². The van der Waals surface area contributed by atoms with Gasteiger partial charge in [0.15, 0.2) is 0 Å². The van der Waals surface area contributed by atoms with Crippen molar-refractivity contribution in [1.29, 1.82) is 0 Å². The average Bonchev–Trinajstić information content (AvgIpc) is 2.05. The molecule has 0 bridgehead atoms. The molecule has 0 aliphatic carbocycles.